The van der Waals surface area contributed by atoms with Crippen LogP contribution < -0.4 is 10.2 Å². The second-order valence-corrected chi connectivity index (χ2v) is 9.94. The summed E-state index contributed by atoms with van der Waals surface area (Å²) in [5.41, 5.74) is 2.58. The summed E-state index contributed by atoms with van der Waals surface area (Å²) in [7, 11) is -1.42. The molecule has 10 heteroatoms. The van der Waals surface area contributed by atoms with Gasteiger partial charge in [0.15, 0.2) is 9.84 Å². The van der Waals surface area contributed by atoms with Gasteiger partial charge in [-0.05, 0) is 55.7 Å². The van der Waals surface area contributed by atoms with Gasteiger partial charge in [-0.2, -0.15) is 15.2 Å². The van der Waals surface area contributed by atoms with E-state index in [0.717, 1.165) is 49.3 Å². The van der Waals surface area contributed by atoms with Crippen LogP contribution in [0.5, 0.6) is 0 Å². The number of nitrogens with zero attached hydrogens (tertiary/aromatic N) is 6. The summed E-state index contributed by atoms with van der Waals surface area (Å²) in [4.78, 5) is 16.2. The third kappa shape index (κ3) is 5.07. The molecule has 0 unspecified atom stereocenters. The van der Waals surface area contributed by atoms with E-state index in [9.17, 15) is 8.42 Å². The lowest BCUT2D eigenvalue weighted by molar-refractivity contribution is 0.416. The predicted molar refractivity (Wildman–Crippen MR) is 121 cm³/mol. The minimum atomic E-state index is -3.23. The maximum absolute atomic E-state index is 11.7. The van der Waals surface area contributed by atoms with Gasteiger partial charge in [-0.1, -0.05) is 0 Å². The molecule has 0 aliphatic carbocycles. The number of aliphatic imine (C=N–C) groups is 1. The van der Waals surface area contributed by atoms with Gasteiger partial charge in [0.1, 0.15) is 12.4 Å². The van der Waals surface area contributed by atoms with Crippen LogP contribution >= 0.6 is 0 Å². The van der Waals surface area contributed by atoms with E-state index in [-0.39, 0.29) is 4.90 Å². The number of aromatic nitrogens is 2. The van der Waals surface area contributed by atoms with Crippen molar-refractivity contribution in [1.29, 1.82) is 0 Å². The van der Waals surface area contributed by atoms with Crippen LogP contribution in [-0.2, 0) is 22.9 Å². The van der Waals surface area contributed by atoms with Crippen molar-refractivity contribution in [2.75, 3.05) is 36.6 Å². The van der Waals surface area contributed by atoms with Gasteiger partial charge in [-0.25, -0.2) is 13.4 Å². The lowest BCUT2D eigenvalue weighted by Crippen LogP contribution is -2.35. The molecule has 2 aromatic rings. The SMILES string of the molecule is CN=CCC1CCN(c2nc3c(c(Nc4ccc(S(C)(=O)=O)cc4)n2)CN=NC3)CC1. The maximum Gasteiger partial charge on any atom is 0.227 e. The van der Waals surface area contributed by atoms with Crippen molar-refractivity contribution in [2.24, 2.45) is 21.1 Å². The molecule has 2 aliphatic heterocycles. The number of piperidine rings is 1. The van der Waals surface area contributed by atoms with Crippen molar-refractivity contribution in [1.82, 2.24) is 9.97 Å². The molecule has 0 radical (unpaired) electrons. The molecular weight excluding hydrogens is 414 g/mol. The van der Waals surface area contributed by atoms with E-state index < -0.39 is 9.84 Å². The normalized spacial score (nSPS) is 17.2. The summed E-state index contributed by atoms with van der Waals surface area (Å²) in [6, 6.07) is 6.68. The van der Waals surface area contributed by atoms with Crippen molar-refractivity contribution in [3.05, 3.63) is 35.5 Å². The van der Waals surface area contributed by atoms with Crippen molar-refractivity contribution in [3.8, 4) is 0 Å². The van der Waals surface area contributed by atoms with Crippen molar-refractivity contribution in [3.63, 3.8) is 0 Å². The Balaban J connectivity index is 1.57. The van der Waals surface area contributed by atoms with E-state index in [2.05, 4.69) is 25.4 Å². The lowest BCUT2D eigenvalue weighted by atomic mass is 9.94. The first-order valence-corrected chi connectivity index (χ1v) is 12.3. The summed E-state index contributed by atoms with van der Waals surface area (Å²) in [5, 5.41) is 11.6. The topological polar surface area (TPSA) is 112 Å². The van der Waals surface area contributed by atoms with Gasteiger partial charge in [0, 0.05) is 37.6 Å². The highest BCUT2D eigenvalue weighted by Crippen LogP contribution is 2.30. The number of sulfone groups is 1. The molecule has 1 aromatic carbocycles. The van der Waals surface area contributed by atoms with E-state index in [1.165, 1.54) is 6.26 Å². The van der Waals surface area contributed by atoms with Crippen LogP contribution in [0.1, 0.15) is 30.5 Å². The molecule has 0 bridgehead atoms. The molecule has 3 heterocycles. The number of rotatable bonds is 6. The third-order valence-electron chi connectivity index (χ3n) is 5.69. The fourth-order valence-electron chi connectivity index (χ4n) is 3.84. The molecule has 31 heavy (non-hydrogen) atoms. The molecule has 0 saturated carbocycles. The van der Waals surface area contributed by atoms with E-state index in [0.29, 0.717) is 30.8 Å². The number of hydrogen-bond donors (Lipinski definition) is 1. The number of anilines is 3. The van der Waals surface area contributed by atoms with Crippen LogP contribution in [-0.4, -0.2) is 51.0 Å². The van der Waals surface area contributed by atoms with Crippen LogP contribution in [0.15, 0.2) is 44.4 Å². The summed E-state index contributed by atoms with van der Waals surface area (Å²) in [6.45, 7) is 2.68. The molecule has 1 N–H and O–H groups in total. The van der Waals surface area contributed by atoms with Crippen molar-refractivity contribution < 1.29 is 8.42 Å². The van der Waals surface area contributed by atoms with E-state index in [4.69, 9.17) is 9.97 Å². The van der Waals surface area contributed by atoms with Gasteiger partial charge < -0.3 is 15.2 Å². The minimum absolute atomic E-state index is 0.285. The molecule has 0 spiro atoms. The molecular formula is C21H27N7O2S. The molecule has 0 atom stereocenters. The molecule has 164 valence electrons. The van der Waals surface area contributed by atoms with Gasteiger partial charge in [0.25, 0.3) is 0 Å². The Bertz CT molecular complexity index is 1090. The molecule has 9 nitrogen and oxygen atoms in total. The summed E-state index contributed by atoms with van der Waals surface area (Å²) >= 11 is 0. The van der Waals surface area contributed by atoms with Gasteiger partial charge in [-0.15, -0.1) is 0 Å². The number of nitrogens with one attached hydrogen (secondary N) is 1. The number of benzene rings is 1. The highest BCUT2D eigenvalue weighted by molar-refractivity contribution is 7.90. The van der Waals surface area contributed by atoms with Gasteiger partial charge >= 0.3 is 0 Å². The van der Waals surface area contributed by atoms with Crippen LogP contribution in [0, 0.1) is 5.92 Å². The summed E-state index contributed by atoms with van der Waals surface area (Å²) < 4.78 is 23.4. The maximum atomic E-state index is 11.7. The molecule has 1 saturated heterocycles. The highest BCUT2D eigenvalue weighted by atomic mass is 32.2. The van der Waals surface area contributed by atoms with E-state index in [1.54, 1.807) is 24.3 Å². The lowest BCUT2D eigenvalue weighted by Gasteiger charge is -2.32. The number of azo groups is 1. The van der Waals surface area contributed by atoms with Crippen LogP contribution in [0.4, 0.5) is 17.5 Å². The minimum Gasteiger partial charge on any atom is -0.341 e. The first-order valence-electron chi connectivity index (χ1n) is 10.4. The predicted octanol–water partition coefficient (Wildman–Crippen LogP) is 3.40. The van der Waals surface area contributed by atoms with Crippen LogP contribution in [0.3, 0.4) is 0 Å². The fraction of sp³-hybridized carbons (Fsp3) is 0.476. The quantitative estimate of drug-likeness (QED) is 0.688. The number of fused-ring (bicyclic) bond motifs is 1. The second-order valence-electron chi connectivity index (χ2n) is 7.92. The van der Waals surface area contributed by atoms with E-state index >= 15 is 0 Å². The summed E-state index contributed by atoms with van der Waals surface area (Å²) in [5.74, 6) is 2.05. The zero-order valence-electron chi connectivity index (χ0n) is 17.8. The smallest absolute Gasteiger partial charge is 0.227 e. The second kappa shape index (κ2) is 9.09. The van der Waals surface area contributed by atoms with Gasteiger partial charge in [0.05, 0.1) is 17.1 Å². The Kier molecular flexibility index (Phi) is 6.26. The Morgan fingerprint density at radius 2 is 1.84 bits per heavy atom. The monoisotopic (exact) mass is 441 g/mol. The Hall–Kier alpha value is -2.88. The zero-order valence-corrected chi connectivity index (χ0v) is 18.6. The molecule has 4 rings (SSSR count). The largest absolute Gasteiger partial charge is 0.341 e. The van der Waals surface area contributed by atoms with Gasteiger partial charge in [0.2, 0.25) is 5.95 Å². The zero-order chi connectivity index (χ0) is 21.8. The van der Waals surface area contributed by atoms with Crippen LogP contribution in [0.2, 0.25) is 0 Å². The Morgan fingerprint density at radius 1 is 1.13 bits per heavy atom. The Labute approximate surface area is 182 Å². The summed E-state index contributed by atoms with van der Waals surface area (Å²) in [6.07, 6.45) is 6.39. The highest BCUT2D eigenvalue weighted by Gasteiger charge is 2.24. The molecule has 1 aromatic heterocycles. The molecule has 0 amide bonds. The fourth-order valence-corrected chi connectivity index (χ4v) is 4.47. The van der Waals surface area contributed by atoms with Crippen LogP contribution in [0.25, 0.3) is 0 Å². The van der Waals surface area contributed by atoms with Crippen molar-refractivity contribution in [2.45, 2.75) is 37.2 Å². The molecule has 2 aliphatic rings. The average Bonchev–Trinajstić information content (AvgIpc) is 2.78. The Morgan fingerprint density at radius 3 is 2.52 bits per heavy atom. The number of hydrogen-bond acceptors (Lipinski definition) is 9. The molecule has 1 fully saturated rings. The first-order chi connectivity index (χ1) is 14.9. The first kappa shape index (κ1) is 21.4. The standard InChI is InChI=1S/C21H27N7O2S/c1-22-10-7-15-8-11-28(12-9-15)21-26-19-14-24-23-13-18(19)20(27-21)25-16-3-5-17(6-4-16)31(2,29)30/h3-6,10,15H,7-9,11-14H2,1-2H3,(H,25,26,27). The van der Waals surface area contributed by atoms with Gasteiger partial charge in [-0.3, -0.25) is 0 Å². The average molecular weight is 442 g/mol. The van der Waals surface area contributed by atoms with E-state index in [1.807, 2.05) is 13.3 Å². The third-order valence-corrected chi connectivity index (χ3v) is 6.82. The van der Waals surface area contributed by atoms with Crippen molar-refractivity contribution >= 4 is 33.5 Å².